The number of thioether (sulfide) groups is 1. The maximum atomic E-state index is 14.4. The molecule has 19 nitrogen and oxygen atoms in total. The van der Waals surface area contributed by atoms with E-state index in [2.05, 4.69) is 21.7 Å². The Morgan fingerprint density at radius 1 is 0.843 bits per heavy atom. The number of benzene rings is 4. The van der Waals surface area contributed by atoms with Gasteiger partial charge in [-0.05, 0) is 103 Å². The fraction of sp³-hybridized carbons (Fsp3) is 0.446. The number of nitrogens with zero attached hydrogens (tertiary/aromatic N) is 5. The summed E-state index contributed by atoms with van der Waals surface area (Å²) in [5.74, 6) is -1.01. The summed E-state index contributed by atoms with van der Waals surface area (Å²) in [7, 11) is 1.31. The molecule has 24 heteroatoms. The summed E-state index contributed by atoms with van der Waals surface area (Å²) < 4.78 is 87.0. The van der Waals surface area contributed by atoms with Gasteiger partial charge < -0.3 is 58.1 Å². The average molecular weight is 1270 g/mol. The molecule has 0 aliphatic carbocycles. The van der Waals surface area contributed by atoms with E-state index >= 15 is 0 Å². The lowest BCUT2D eigenvalue weighted by Gasteiger charge is -2.36. The molecular formula is C65H75F3N6O13S2. The SMILES string of the molecule is [C-]#[N+]c1ccc(Oc2ccc(/C=C3\SC(=O)N(CCOCCOCCCCOCCCCOCCOCCOc4cc(-c5scnc5C)ccc4CNC(=O)[C@@H]4C[C@@H](O)CN4C(=O)[C@H](C(C)C)N4Cc5ccccc5C4=C)C3=O)cc2OC)c(C(F)(F)F)c1. The monoisotopic (exact) mass is 1270 g/mol. The van der Waals surface area contributed by atoms with Gasteiger partial charge in [0.25, 0.3) is 11.1 Å². The zero-order valence-corrected chi connectivity index (χ0v) is 52.0. The van der Waals surface area contributed by atoms with Crippen molar-refractivity contribution in [3.63, 3.8) is 0 Å². The van der Waals surface area contributed by atoms with Crippen molar-refractivity contribution in [3.8, 4) is 33.4 Å². The molecule has 3 aliphatic rings. The Labute approximate surface area is 524 Å². The van der Waals surface area contributed by atoms with Gasteiger partial charge in [0.05, 0.1) is 92.5 Å². The van der Waals surface area contributed by atoms with Crippen LogP contribution in [-0.4, -0.2) is 159 Å². The summed E-state index contributed by atoms with van der Waals surface area (Å²) in [6.07, 6.45) is -0.675. The Morgan fingerprint density at radius 2 is 1.51 bits per heavy atom. The first-order chi connectivity index (χ1) is 42.9. The van der Waals surface area contributed by atoms with Crippen molar-refractivity contribution in [2.45, 2.75) is 90.3 Å². The van der Waals surface area contributed by atoms with Crippen molar-refractivity contribution >= 4 is 63.5 Å². The molecule has 3 aliphatic heterocycles. The number of nitrogens with one attached hydrogen (secondary N) is 1. The highest BCUT2D eigenvalue weighted by Gasteiger charge is 2.45. The first-order valence-corrected chi connectivity index (χ1v) is 31.2. The number of ether oxygens (including phenoxy) is 8. The number of alkyl halides is 3. The minimum absolute atomic E-state index is 0.0239. The van der Waals surface area contributed by atoms with Crippen LogP contribution in [0.4, 0.5) is 23.7 Å². The van der Waals surface area contributed by atoms with Gasteiger partial charge in [0.2, 0.25) is 11.8 Å². The first-order valence-electron chi connectivity index (χ1n) is 29.5. The van der Waals surface area contributed by atoms with Crippen LogP contribution in [0.5, 0.6) is 23.0 Å². The molecule has 2 fully saturated rings. The smallest absolute Gasteiger partial charge is 0.418 e. The number of aliphatic hydroxyl groups excluding tert-OH is 1. The summed E-state index contributed by atoms with van der Waals surface area (Å²) in [6, 6.07) is 19.8. The number of unbranched alkanes of at least 4 members (excludes halogenated alkanes) is 2. The fourth-order valence-corrected chi connectivity index (χ4v) is 12.1. The van der Waals surface area contributed by atoms with Crippen LogP contribution in [0, 0.1) is 19.4 Å². The molecule has 0 unspecified atom stereocenters. The van der Waals surface area contributed by atoms with Gasteiger partial charge in [-0.1, -0.05) is 69.0 Å². The molecule has 5 aromatic rings. The molecule has 476 valence electrons. The number of hydrogen-bond acceptors (Lipinski definition) is 17. The number of aryl methyl sites for hydroxylation is 1. The highest BCUT2D eigenvalue weighted by Crippen LogP contribution is 2.43. The lowest BCUT2D eigenvalue weighted by molar-refractivity contribution is -0.143. The molecule has 4 amide bonds. The zero-order valence-electron chi connectivity index (χ0n) is 50.4. The molecule has 4 heterocycles. The Bertz CT molecular complexity index is 3340. The molecular weight excluding hydrogens is 1190 g/mol. The van der Waals surface area contributed by atoms with Gasteiger partial charge in [-0.15, -0.1) is 11.3 Å². The number of fused-ring (bicyclic) bond motifs is 1. The van der Waals surface area contributed by atoms with E-state index < -0.39 is 46.8 Å². The van der Waals surface area contributed by atoms with Gasteiger partial charge >= 0.3 is 6.18 Å². The normalized spacial score (nSPS) is 16.6. The Morgan fingerprint density at radius 3 is 2.16 bits per heavy atom. The lowest BCUT2D eigenvalue weighted by atomic mass is 10.00. The number of rotatable bonds is 34. The van der Waals surface area contributed by atoms with Crippen molar-refractivity contribution in [1.29, 1.82) is 0 Å². The summed E-state index contributed by atoms with van der Waals surface area (Å²) in [5.41, 5.74) is 6.41. The molecule has 2 saturated heterocycles. The molecule has 8 rings (SSSR count). The van der Waals surface area contributed by atoms with E-state index in [1.807, 2.05) is 68.1 Å². The molecule has 4 aromatic carbocycles. The number of likely N-dealkylation sites (tertiary alicyclic amines) is 1. The van der Waals surface area contributed by atoms with E-state index in [-0.39, 0.29) is 85.7 Å². The molecule has 0 bridgehead atoms. The van der Waals surface area contributed by atoms with Gasteiger partial charge in [0.15, 0.2) is 17.2 Å². The molecule has 89 heavy (non-hydrogen) atoms. The summed E-state index contributed by atoms with van der Waals surface area (Å²) in [5, 5.41) is 13.4. The van der Waals surface area contributed by atoms with Crippen molar-refractivity contribution in [2.24, 2.45) is 5.92 Å². The minimum Gasteiger partial charge on any atom is -0.493 e. The molecule has 3 atom stereocenters. The van der Waals surface area contributed by atoms with Crippen molar-refractivity contribution in [1.82, 2.24) is 25.0 Å². The number of methoxy groups -OCH3 is 1. The number of imide groups is 1. The summed E-state index contributed by atoms with van der Waals surface area (Å²) in [6.45, 7) is 22.5. The Balaban J connectivity index is 0.646. The van der Waals surface area contributed by atoms with Crippen LogP contribution in [0.2, 0.25) is 0 Å². The average Bonchev–Trinajstić information content (AvgIpc) is 2.06. The van der Waals surface area contributed by atoms with Crippen LogP contribution in [0.25, 0.3) is 27.1 Å². The Hall–Kier alpha value is -7.34. The van der Waals surface area contributed by atoms with Crippen LogP contribution in [-0.2, 0) is 57.3 Å². The number of carbonyl (C=O) groups is 4. The topological polar surface area (TPSA) is 201 Å². The highest BCUT2D eigenvalue weighted by atomic mass is 32.2. The standard InChI is InChI=1S/C65H75F3N6O13S2/c1-42(2)59(73-39-48-13-7-8-14-51(48)44(73)4)63(78)74-40-50(75)37-53(74)61(76)70-38-47-17-16-46(60-43(3)71-41-88-60)35-56(47)86-32-31-85-30-28-83-25-12-10-23-81-22-9-11-24-82-27-29-84-26-21-72-62(77)58(89-64(72)79)34-45-15-19-55(57(33-45)80-6)87-54-20-18-49(69-5)36-52(54)65(66,67)68/h7-8,13-20,33-36,41-42,50,53,59,75H,4,9-12,21-32,37-40H2,1-3,6H3,(H,70,76)/b58-34-/t50-,53+,59+/m1/s1. The van der Waals surface area contributed by atoms with E-state index in [4.69, 9.17) is 44.5 Å². The van der Waals surface area contributed by atoms with Crippen LogP contribution in [0.3, 0.4) is 0 Å². The number of halogens is 3. The highest BCUT2D eigenvalue weighted by molar-refractivity contribution is 8.18. The summed E-state index contributed by atoms with van der Waals surface area (Å²) >= 11 is 2.29. The van der Waals surface area contributed by atoms with Gasteiger partial charge in [-0.25, -0.2) is 9.83 Å². The van der Waals surface area contributed by atoms with Gasteiger partial charge in [-0.2, -0.15) is 13.2 Å². The van der Waals surface area contributed by atoms with E-state index in [0.29, 0.717) is 76.8 Å². The third-order valence-electron chi connectivity index (χ3n) is 14.9. The fourth-order valence-electron chi connectivity index (χ4n) is 10.4. The Kier molecular flexibility index (Phi) is 25.0. The molecule has 0 spiro atoms. The maximum Gasteiger partial charge on any atom is 0.418 e. The van der Waals surface area contributed by atoms with Crippen LogP contribution < -0.4 is 19.5 Å². The van der Waals surface area contributed by atoms with Gasteiger partial charge in [0.1, 0.15) is 30.2 Å². The van der Waals surface area contributed by atoms with E-state index in [1.54, 1.807) is 5.51 Å². The van der Waals surface area contributed by atoms with E-state index in [1.165, 1.54) is 53.7 Å². The van der Waals surface area contributed by atoms with E-state index in [9.17, 15) is 37.5 Å². The predicted octanol–water partition coefficient (Wildman–Crippen LogP) is 11.3. The largest absolute Gasteiger partial charge is 0.493 e. The minimum atomic E-state index is -4.77. The van der Waals surface area contributed by atoms with Crippen molar-refractivity contribution in [2.75, 3.05) is 92.9 Å². The van der Waals surface area contributed by atoms with Gasteiger partial charge in [-0.3, -0.25) is 24.1 Å². The van der Waals surface area contributed by atoms with Crippen LogP contribution in [0.1, 0.15) is 79.5 Å². The number of thiazole rings is 1. The number of hydrogen-bond donors (Lipinski definition) is 2. The zero-order chi connectivity index (χ0) is 63.5. The second kappa shape index (κ2) is 32.9. The van der Waals surface area contributed by atoms with Crippen LogP contribution in [0.15, 0.2) is 95.9 Å². The van der Waals surface area contributed by atoms with Gasteiger partial charge in [0, 0.05) is 69.3 Å². The number of β-amino-alcohol motifs (C(OH)–C–C–N with tert-alkyl or cyclic N) is 1. The van der Waals surface area contributed by atoms with E-state index in [0.717, 1.165) is 86.9 Å². The molecule has 1 aromatic heterocycles. The predicted molar refractivity (Wildman–Crippen MR) is 331 cm³/mol. The van der Waals surface area contributed by atoms with Crippen molar-refractivity contribution < 1.29 is 75.4 Å². The summed E-state index contributed by atoms with van der Waals surface area (Å²) in [4.78, 5) is 67.4. The molecule has 0 radical (unpaired) electrons. The number of carbonyl (C=O) groups excluding carboxylic acids is 4. The molecule has 0 saturated carbocycles. The van der Waals surface area contributed by atoms with Crippen LogP contribution >= 0.6 is 23.1 Å². The maximum absolute atomic E-state index is 14.4. The lowest BCUT2D eigenvalue weighted by Crippen LogP contribution is -2.54. The second-order valence-corrected chi connectivity index (χ2v) is 23.4. The molecule has 2 N–H and O–H groups in total. The first kappa shape index (κ1) is 67.6. The number of aliphatic hydroxyl groups is 1. The second-order valence-electron chi connectivity index (χ2n) is 21.6. The van der Waals surface area contributed by atoms with Crippen molar-refractivity contribution in [3.05, 3.63) is 141 Å². The number of aromatic nitrogens is 1. The third kappa shape index (κ3) is 18.4. The number of amides is 4. The quantitative estimate of drug-likeness (QED) is 0.0223. The third-order valence-corrected chi connectivity index (χ3v) is 16.8.